The van der Waals surface area contributed by atoms with Gasteiger partial charge in [-0.2, -0.15) is 0 Å². The predicted octanol–water partition coefficient (Wildman–Crippen LogP) is 3.48. The Morgan fingerprint density at radius 2 is 1.79 bits per heavy atom. The van der Waals surface area contributed by atoms with Crippen LogP contribution in [0.1, 0.15) is 51.0 Å². The van der Waals surface area contributed by atoms with Crippen LogP contribution in [-0.4, -0.2) is 62.3 Å². The average molecular weight is 490 g/mol. The van der Waals surface area contributed by atoms with Crippen LogP contribution in [0.15, 0.2) is 24.3 Å². The van der Waals surface area contributed by atoms with Crippen LogP contribution in [-0.2, 0) is 27.7 Å². The van der Waals surface area contributed by atoms with E-state index < -0.39 is 10.0 Å². The van der Waals surface area contributed by atoms with Gasteiger partial charge in [0.05, 0.1) is 12.4 Å². The van der Waals surface area contributed by atoms with Crippen LogP contribution in [0.2, 0.25) is 0 Å². The van der Waals surface area contributed by atoms with Crippen LogP contribution < -0.4 is 9.62 Å². The second kappa shape index (κ2) is 11.2. The summed E-state index contributed by atoms with van der Waals surface area (Å²) in [6, 6.07) is 8.65. The molecule has 188 valence electrons. The smallest absolute Gasteiger partial charge is 0.227 e. The van der Waals surface area contributed by atoms with Crippen LogP contribution >= 0.6 is 0 Å². The van der Waals surface area contributed by atoms with E-state index in [4.69, 9.17) is 4.74 Å². The van der Waals surface area contributed by atoms with E-state index in [-0.39, 0.29) is 5.92 Å². The normalized spacial score (nSPS) is 23.9. The van der Waals surface area contributed by atoms with Gasteiger partial charge in [0.25, 0.3) is 0 Å². The highest BCUT2D eigenvalue weighted by Crippen LogP contribution is 2.32. The van der Waals surface area contributed by atoms with E-state index >= 15 is 0 Å². The second-order valence-corrected chi connectivity index (χ2v) is 11.8. The Hall–Kier alpha value is -1.97. The standard InChI is InChI=1S/C25H39N5O3S/c1-4-19-7-11-22(12-8-19)24-27-28-25(30(24)18-20-9-13-23(33-2)14-10-20)29-15-5-6-21(17-29)16-26-34(3,31)32/h7-8,11-12,20-21,23,26H,4-6,9-10,13-18H2,1-3H3. The summed E-state index contributed by atoms with van der Waals surface area (Å²) in [5.74, 6) is 2.66. The Balaban J connectivity index is 1.57. The lowest BCUT2D eigenvalue weighted by Gasteiger charge is -2.34. The molecule has 0 bridgehead atoms. The molecule has 1 aliphatic carbocycles. The highest BCUT2D eigenvalue weighted by atomic mass is 32.2. The number of anilines is 1. The number of methoxy groups -OCH3 is 1. The maximum atomic E-state index is 11.6. The molecule has 1 unspecified atom stereocenters. The van der Waals surface area contributed by atoms with Crippen LogP contribution in [0.3, 0.4) is 0 Å². The minimum atomic E-state index is -3.19. The van der Waals surface area contributed by atoms with Gasteiger partial charge in [0.15, 0.2) is 5.82 Å². The number of nitrogens with one attached hydrogen (secondary N) is 1. The Labute approximate surface area is 204 Å². The van der Waals surface area contributed by atoms with Crippen molar-refractivity contribution >= 4 is 16.0 Å². The Bertz CT molecular complexity index is 1030. The van der Waals surface area contributed by atoms with Crippen molar-refractivity contribution in [1.29, 1.82) is 0 Å². The monoisotopic (exact) mass is 489 g/mol. The molecule has 2 heterocycles. The number of ether oxygens (including phenoxy) is 1. The zero-order valence-electron chi connectivity index (χ0n) is 20.7. The van der Waals surface area contributed by atoms with E-state index in [0.29, 0.717) is 18.6 Å². The van der Waals surface area contributed by atoms with Crippen LogP contribution in [0.4, 0.5) is 5.95 Å². The molecule has 1 saturated carbocycles. The van der Waals surface area contributed by atoms with E-state index in [9.17, 15) is 8.42 Å². The maximum absolute atomic E-state index is 11.6. The number of sulfonamides is 1. The van der Waals surface area contributed by atoms with Gasteiger partial charge in [-0.05, 0) is 62.3 Å². The van der Waals surface area contributed by atoms with Gasteiger partial charge in [-0.1, -0.05) is 31.2 Å². The summed E-state index contributed by atoms with van der Waals surface area (Å²) in [6.07, 6.45) is 9.13. The van der Waals surface area contributed by atoms with E-state index in [2.05, 4.69) is 55.6 Å². The summed E-state index contributed by atoms with van der Waals surface area (Å²) in [5, 5.41) is 9.33. The van der Waals surface area contributed by atoms with Gasteiger partial charge in [0.2, 0.25) is 16.0 Å². The van der Waals surface area contributed by atoms with E-state index in [1.54, 1.807) is 0 Å². The Morgan fingerprint density at radius 3 is 2.44 bits per heavy atom. The number of aryl methyl sites for hydroxylation is 1. The number of piperidine rings is 1. The van der Waals surface area contributed by atoms with Crippen LogP contribution in [0.5, 0.6) is 0 Å². The molecule has 1 saturated heterocycles. The number of benzene rings is 1. The first kappa shape index (κ1) is 25.1. The zero-order chi connectivity index (χ0) is 24.1. The first-order valence-electron chi connectivity index (χ1n) is 12.6. The molecule has 1 atom stereocenters. The quantitative estimate of drug-likeness (QED) is 0.580. The lowest BCUT2D eigenvalue weighted by atomic mass is 9.87. The summed E-state index contributed by atoms with van der Waals surface area (Å²) in [7, 11) is -1.38. The number of hydrogen-bond acceptors (Lipinski definition) is 6. The molecule has 1 aromatic carbocycles. The number of hydrogen-bond donors (Lipinski definition) is 1. The maximum Gasteiger partial charge on any atom is 0.227 e. The molecule has 9 heteroatoms. The largest absolute Gasteiger partial charge is 0.381 e. The van der Waals surface area contributed by atoms with Crippen molar-refractivity contribution in [2.24, 2.45) is 11.8 Å². The van der Waals surface area contributed by atoms with Crippen molar-refractivity contribution in [3.63, 3.8) is 0 Å². The third-order valence-electron chi connectivity index (χ3n) is 7.36. The summed E-state index contributed by atoms with van der Waals surface area (Å²) in [5.41, 5.74) is 2.40. The van der Waals surface area contributed by atoms with E-state index in [0.717, 1.165) is 81.9 Å². The minimum Gasteiger partial charge on any atom is -0.381 e. The third kappa shape index (κ3) is 6.37. The third-order valence-corrected chi connectivity index (χ3v) is 8.05. The van der Waals surface area contributed by atoms with Crippen molar-refractivity contribution in [2.45, 2.75) is 64.5 Å². The van der Waals surface area contributed by atoms with Gasteiger partial charge >= 0.3 is 0 Å². The topological polar surface area (TPSA) is 89.4 Å². The average Bonchev–Trinajstić information content (AvgIpc) is 3.26. The van der Waals surface area contributed by atoms with E-state index in [1.165, 1.54) is 11.8 Å². The second-order valence-electron chi connectivity index (χ2n) is 9.94. The van der Waals surface area contributed by atoms with Gasteiger partial charge < -0.3 is 9.64 Å². The lowest BCUT2D eigenvalue weighted by Crippen LogP contribution is -2.42. The number of aromatic nitrogens is 3. The van der Waals surface area contributed by atoms with Crippen molar-refractivity contribution < 1.29 is 13.2 Å². The fourth-order valence-corrected chi connectivity index (χ4v) is 5.83. The lowest BCUT2D eigenvalue weighted by molar-refractivity contribution is 0.0543. The van der Waals surface area contributed by atoms with Gasteiger partial charge in [0, 0.05) is 38.9 Å². The molecule has 2 fully saturated rings. The zero-order valence-corrected chi connectivity index (χ0v) is 21.6. The molecule has 4 rings (SSSR count). The number of rotatable bonds is 9. The molecule has 2 aromatic rings. The summed E-state index contributed by atoms with van der Waals surface area (Å²) >= 11 is 0. The molecule has 0 amide bonds. The highest BCUT2D eigenvalue weighted by molar-refractivity contribution is 7.88. The fraction of sp³-hybridized carbons (Fsp3) is 0.680. The molecule has 34 heavy (non-hydrogen) atoms. The minimum absolute atomic E-state index is 0.262. The first-order chi connectivity index (χ1) is 16.4. The molecular formula is C25H39N5O3S. The highest BCUT2D eigenvalue weighted by Gasteiger charge is 2.28. The molecule has 0 spiro atoms. The molecule has 0 radical (unpaired) electrons. The van der Waals surface area contributed by atoms with Gasteiger partial charge in [-0.3, -0.25) is 4.57 Å². The summed E-state index contributed by atoms with van der Waals surface area (Å²) < 4.78 is 33.8. The van der Waals surface area contributed by atoms with Gasteiger partial charge in [-0.15, -0.1) is 10.2 Å². The van der Waals surface area contributed by atoms with Crippen molar-refractivity contribution in [2.75, 3.05) is 37.9 Å². The SMILES string of the molecule is CCc1ccc(-c2nnc(N3CCCC(CNS(C)(=O)=O)C3)n2CC2CCC(OC)CC2)cc1. The predicted molar refractivity (Wildman–Crippen MR) is 135 cm³/mol. The van der Waals surface area contributed by atoms with Crippen LogP contribution in [0.25, 0.3) is 11.4 Å². The molecule has 2 aliphatic rings. The molecule has 1 aliphatic heterocycles. The Kier molecular flexibility index (Phi) is 8.26. The van der Waals surface area contributed by atoms with Crippen molar-refractivity contribution in [1.82, 2.24) is 19.5 Å². The summed E-state index contributed by atoms with van der Waals surface area (Å²) in [6.45, 7) is 5.23. The molecule has 8 nitrogen and oxygen atoms in total. The van der Waals surface area contributed by atoms with Gasteiger partial charge in [0.1, 0.15) is 0 Å². The van der Waals surface area contributed by atoms with Gasteiger partial charge in [-0.25, -0.2) is 13.1 Å². The number of nitrogens with zero attached hydrogens (tertiary/aromatic N) is 4. The van der Waals surface area contributed by atoms with Crippen molar-refractivity contribution in [3.05, 3.63) is 29.8 Å². The molecule has 1 aromatic heterocycles. The first-order valence-corrected chi connectivity index (χ1v) is 14.5. The van der Waals surface area contributed by atoms with Crippen LogP contribution in [0, 0.1) is 11.8 Å². The fourth-order valence-electron chi connectivity index (χ4n) is 5.29. The molecule has 1 N–H and O–H groups in total. The Morgan fingerprint density at radius 1 is 1.06 bits per heavy atom. The van der Waals surface area contributed by atoms with E-state index in [1.807, 2.05) is 7.11 Å². The summed E-state index contributed by atoms with van der Waals surface area (Å²) in [4.78, 5) is 2.30. The van der Waals surface area contributed by atoms with Crippen molar-refractivity contribution in [3.8, 4) is 11.4 Å². The molecular weight excluding hydrogens is 450 g/mol.